The van der Waals surface area contributed by atoms with Crippen LogP contribution in [0.15, 0.2) is 12.1 Å². The van der Waals surface area contributed by atoms with E-state index in [2.05, 4.69) is 4.74 Å². The van der Waals surface area contributed by atoms with Gasteiger partial charge in [0.1, 0.15) is 5.75 Å². The lowest BCUT2D eigenvalue weighted by Gasteiger charge is -2.11. The number of anilines is 2. The Labute approximate surface area is 82.4 Å². The maximum absolute atomic E-state index is 11.8. The molecule has 3 nitrogen and oxygen atoms in total. The standard InChI is InChI=1S/C7H6ClF3N2O/c8-6-4(12)1-3(2-5(6)13)14-7(9,10)11/h1-2H,12-13H2. The third-order valence-corrected chi connectivity index (χ3v) is 1.77. The van der Waals surface area contributed by atoms with Crippen LogP contribution in [0.2, 0.25) is 5.02 Å². The second-order valence-corrected chi connectivity index (χ2v) is 2.84. The topological polar surface area (TPSA) is 61.3 Å². The molecule has 78 valence electrons. The summed E-state index contributed by atoms with van der Waals surface area (Å²) >= 11 is 5.53. The molecule has 0 radical (unpaired) electrons. The average Bonchev–Trinajstić information content (AvgIpc) is 1.96. The molecular formula is C7H6ClF3N2O. The molecule has 0 spiro atoms. The van der Waals surface area contributed by atoms with Gasteiger partial charge in [-0.05, 0) is 0 Å². The minimum atomic E-state index is -4.77. The number of ether oxygens (including phenoxy) is 1. The van der Waals surface area contributed by atoms with Gasteiger partial charge in [0.2, 0.25) is 0 Å². The first kappa shape index (κ1) is 10.8. The molecule has 1 aromatic carbocycles. The highest BCUT2D eigenvalue weighted by molar-refractivity contribution is 6.35. The molecule has 0 fully saturated rings. The fourth-order valence-electron chi connectivity index (χ4n) is 0.834. The fraction of sp³-hybridized carbons (Fsp3) is 0.143. The molecule has 7 heteroatoms. The maximum atomic E-state index is 11.8. The summed E-state index contributed by atoms with van der Waals surface area (Å²) in [5.74, 6) is -0.489. The lowest BCUT2D eigenvalue weighted by molar-refractivity contribution is -0.274. The van der Waals surface area contributed by atoms with Crippen LogP contribution in [-0.2, 0) is 0 Å². The van der Waals surface area contributed by atoms with Crippen molar-refractivity contribution in [2.24, 2.45) is 0 Å². The van der Waals surface area contributed by atoms with E-state index in [4.69, 9.17) is 23.1 Å². The second kappa shape index (κ2) is 3.45. The zero-order valence-electron chi connectivity index (χ0n) is 6.73. The number of hydrogen-bond acceptors (Lipinski definition) is 3. The predicted molar refractivity (Wildman–Crippen MR) is 47.0 cm³/mol. The number of nitrogen functional groups attached to an aromatic ring is 2. The Morgan fingerprint density at radius 2 is 1.57 bits per heavy atom. The molecule has 0 aromatic heterocycles. The van der Waals surface area contributed by atoms with Crippen molar-refractivity contribution in [3.63, 3.8) is 0 Å². The van der Waals surface area contributed by atoms with Gasteiger partial charge >= 0.3 is 6.36 Å². The third kappa shape index (κ3) is 2.59. The Morgan fingerprint density at radius 3 is 1.93 bits per heavy atom. The number of halogens is 4. The van der Waals surface area contributed by atoms with Crippen LogP contribution in [0.25, 0.3) is 0 Å². The molecule has 0 atom stereocenters. The maximum Gasteiger partial charge on any atom is 0.573 e. The van der Waals surface area contributed by atoms with Gasteiger partial charge in [-0.1, -0.05) is 11.6 Å². The molecule has 1 aromatic rings. The van der Waals surface area contributed by atoms with Crippen LogP contribution in [0.4, 0.5) is 24.5 Å². The Bertz CT molecular complexity index is 330. The van der Waals surface area contributed by atoms with E-state index in [1.54, 1.807) is 0 Å². The van der Waals surface area contributed by atoms with Gasteiger partial charge in [0.15, 0.2) is 0 Å². The molecule has 0 aliphatic heterocycles. The third-order valence-electron chi connectivity index (χ3n) is 1.34. The summed E-state index contributed by atoms with van der Waals surface area (Å²) in [5, 5.41) is 0.0134. The molecule has 0 aliphatic rings. The van der Waals surface area contributed by atoms with Crippen molar-refractivity contribution >= 4 is 23.0 Å². The van der Waals surface area contributed by atoms with Crippen molar-refractivity contribution in [2.45, 2.75) is 6.36 Å². The fourth-order valence-corrected chi connectivity index (χ4v) is 0.943. The van der Waals surface area contributed by atoms with E-state index in [0.717, 1.165) is 12.1 Å². The van der Waals surface area contributed by atoms with E-state index in [-0.39, 0.29) is 16.4 Å². The van der Waals surface area contributed by atoms with Crippen LogP contribution in [0, 0.1) is 0 Å². The molecule has 0 bridgehead atoms. The van der Waals surface area contributed by atoms with E-state index < -0.39 is 12.1 Å². The summed E-state index contributed by atoms with van der Waals surface area (Å²) in [5.41, 5.74) is 10.4. The Kier molecular flexibility index (Phi) is 2.66. The van der Waals surface area contributed by atoms with Gasteiger partial charge < -0.3 is 16.2 Å². The lowest BCUT2D eigenvalue weighted by Crippen LogP contribution is -2.17. The molecule has 4 N–H and O–H groups in total. The SMILES string of the molecule is Nc1cc(OC(F)(F)F)cc(N)c1Cl. The Morgan fingerprint density at radius 1 is 1.14 bits per heavy atom. The largest absolute Gasteiger partial charge is 0.573 e. The van der Waals surface area contributed by atoms with Crippen LogP contribution in [-0.4, -0.2) is 6.36 Å². The first-order chi connectivity index (χ1) is 6.29. The summed E-state index contributed by atoms with van der Waals surface area (Å²) in [6, 6.07) is 1.90. The van der Waals surface area contributed by atoms with E-state index in [0.29, 0.717) is 0 Å². The van der Waals surface area contributed by atoms with Crippen molar-refractivity contribution in [1.29, 1.82) is 0 Å². The molecule has 0 aliphatic carbocycles. The van der Waals surface area contributed by atoms with E-state index in [1.807, 2.05) is 0 Å². The highest BCUT2D eigenvalue weighted by Gasteiger charge is 2.31. The quantitative estimate of drug-likeness (QED) is 0.723. The molecule has 0 amide bonds. The van der Waals surface area contributed by atoms with Gasteiger partial charge in [-0.3, -0.25) is 0 Å². The number of rotatable bonds is 1. The summed E-state index contributed by atoms with van der Waals surface area (Å²) < 4.78 is 38.9. The van der Waals surface area contributed by atoms with Crippen molar-refractivity contribution in [2.75, 3.05) is 11.5 Å². The van der Waals surface area contributed by atoms with Gasteiger partial charge in [0, 0.05) is 12.1 Å². The minimum absolute atomic E-state index is 0.0134. The van der Waals surface area contributed by atoms with Gasteiger partial charge in [-0.15, -0.1) is 13.2 Å². The summed E-state index contributed by atoms with van der Waals surface area (Å²) in [7, 11) is 0. The Hall–Kier alpha value is -1.30. The molecule has 14 heavy (non-hydrogen) atoms. The van der Waals surface area contributed by atoms with Gasteiger partial charge in [-0.25, -0.2) is 0 Å². The van der Waals surface area contributed by atoms with E-state index >= 15 is 0 Å². The van der Waals surface area contributed by atoms with Crippen LogP contribution < -0.4 is 16.2 Å². The van der Waals surface area contributed by atoms with Crippen LogP contribution >= 0.6 is 11.6 Å². The van der Waals surface area contributed by atoms with Crippen LogP contribution in [0.5, 0.6) is 5.75 Å². The zero-order valence-corrected chi connectivity index (χ0v) is 7.49. The summed E-state index contributed by atoms with van der Waals surface area (Å²) in [6.45, 7) is 0. The predicted octanol–water partition coefficient (Wildman–Crippen LogP) is 2.40. The smallest absolute Gasteiger partial charge is 0.406 e. The number of hydrogen-bond donors (Lipinski definition) is 2. The van der Waals surface area contributed by atoms with Crippen molar-refractivity contribution in [1.82, 2.24) is 0 Å². The second-order valence-electron chi connectivity index (χ2n) is 2.46. The lowest BCUT2D eigenvalue weighted by atomic mass is 10.2. The molecule has 1 rings (SSSR count). The van der Waals surface area contributed by atoms with Crippen LogP contribution in [0.1, 0.15) is 0 Å². The average molecular weight is 227 g/mol. The van der Waals surface area contributed by atoms with Crippen LogP contribution in [0.3, 0.4) is 0 Å². The van der Waals surface area contributed by atoms with E-state index in [9.17, 15) is 13.2 Å². The number of nitrogens with two attached hydrogens (primary N) is 2. The molecule has 0 saturated heterocycles. The number of alkyl halides is 3. The van der Waals surface area contributed by atoms with Crippen molar-refractivity contribution in [3.8, 4) is 5.75 Å². The normalized spacial score (nSPS) is 11.4. The van der Waals surface area contributed by atoms with Gasteiger partial charge in [0.05, 0.1) is 16.4 Å². The molecule has 0 heterocycles. The highest BCUT2D eigenvalue weighted by Crippen LogP contribution is 2.33. The monoisotopic (exact) mass is 226 g/mol. The minimum Gasteiger partial charge on any atom is -0.406 e. The van der Waals surface area contributed by atoms with Gasteiger partial charge in [0.25, 0.3) is 0 Å². The van der Waals surface area contributed by atoms with Gasteiger partial charge in [-0.2, -0.15) is 0 Å². The highest BCUT2D eigenvalue weighted by atomic mass is 35.5. The van der Waals surface area contributed by atoms with E-state index in [1.165, 1.54) is 0 Å². The molecule has 0 unspecified atom stereocenters. The summed E-state index contributed by atoms with van der Waals surface area (Å²) in [4.78, 5) is 0. The Balaban J connectivity index is 3.02. The first-order valence-corrected chi connectivity index (χ1v) is 3.77. The number of benzene rings is 1. The first-order valence-electron chi connectivity index (χ1n) is 3.40. The molecule has 0 saturated carbocycles. The zero-order chi connectivity index (χ0) is 10.9. The molecular weight excluding hydrogens is 221 g/mol. The summed E-state index contributed by atoms with van der Waals surface area (Å²) in [6.07, 6.45) is -4.77. The van der Waals surface area contributed by atoms with Crippen molar-refractivity contribution < 1.29 is 17.9 Å². The van der Waals surface area contributed by atoms with Crippen molar-refractivity contribution in [3.05, 3.63) is 17.2 Å².